The molecule has 0 saturated heterocycles. The van der Waals surface area contributed by atoms with Crippen LogP contribution in [0.3, 0.4) is 0 Å². The maximum atomic E-state index is 8.87. The normalized spacial score (nSPS) is 11.5. The molecule has 4 nitrogen and oxygen atoms in total. The Morgan fingerprint density at radius 1 is 1.40 bits per heavy atom. The van der Waals surface area contributed by atoms with E-state index in [9.17, 15) is 0 Å². The van der Waals surface area contributed by atoms with Crippen molar-refractivity contribution in [3.05, 3.63) is 16.9 Å². The Hall–Kier alpha value is -0.680. The van der Waals surface area contributed by atoms with Gasteiger partial charge in [-0.3, -0.25) is 0 Å². The summed E-state index contributed by atoms with van der Waals surface area (Å²) in [5, 5.41) is 12.0. The first kappa shape index (κ1) is 12.4. The lowest BCUT2D eigenvalue weighted by molar-refractivity contribution is 0.220. The van der Waals surface area contributed by atoms with E-state index in [-0.39, 0.29) is 12.0 Å². The molecule has 0 saturated carbocycles. The van der Waals surface area contributed by atoms with Crippen LogP contribution in [0.1, 0.15) is 20.3 Å². The first-order chi connectivity index (χ1) is 7.03. The molecule has 0 aliphatic rings. The first-order valence-corrected chi connectivity index (χ1v) is 5.65. The molecule has 0 aromatic carbocycles. The molecule has 0 unspecified atom stereocenters. The average Bonchev–Trinajstić information content (AvgIpc) is 2.17. The van der Waals surface area contributed by atoms with Crippen LogP contribution in [-0.4, -0.2) is 28.2 Å². The summed E-state index contributed by atoms with van der Waals surface area (Å²) in [6.45, 7) is 5.13. The van der Waals surface area contributed by atoms with Crippen LogP contribution in [0.15, 0.2) is 16.9 Å². The average molecular weight is 274 g/mol. The van der Waals surface area contributed by atoms with E-state index in [0.717, 1.165) is 17.4 Å². The van der Waals surface area contributed by atoms with E-state index < -0.39 is 0 Å². The molecular formula is C10H16BrN3O. The van der Waals surface area contributed by atoms with E-state index in [2.05, 4.69) is 45.1 Å². The van der Waals surface area contributed by atoms with Gasteiger partial charge in [0.05, 0.1) is 4.47 Å². The number of hydrogen-bond donors (Lipinski definition) is 2. The first-order valence-electron chi connectivity index (χ1n) is 4.86. The lowest BCUT2D eigenvalue weighted by atomic mass is 9.90. The van der Waals surface area contributed by atoms with Crippen molar-refractivity contribution < 1.29 is 5.11 Å². The number of rotatable bonds is 5. The van der Waals surface area contributed by atoms with Gasteiger partial charge in [0.1, 0.15) is 0 Å². The van der Waals surface area contributed by atoms with Gasteiger partial charge in [0, 0.05) is 25.5 Å². The summed E-state index contributed by atoms with van der Waals surface area (Å²) < 4.78 is 0.864. The second-order valence-electron chi connectivity index (χ2n) is 4.22. The molecule has 2 N–H and O–H groups in total. The number of aliphatic hydroxyl groups is 1. The molecule has 0 fully saturated rings. The Balaban J connectivity index is 2.46. The van der Waals surface area contributed by atoms with Gasteiger partial charge >= 0.3 is 0 Å². The predicted molar refractivity (Wildman–Crippen MR) is 63.7 cm³/mol. The van der Waals surface area contributed by atoms with Gasteiger partial charge in [0.25, 0.3) is 0 Å². The maximum Gasteiger partial charge on any atom is 0.222 e. The van der Waals surface area contributed by atoms with Crippen molar-refractivity contribution >= 4 is 21.9 Å². The smallest absolute Gasteiger partial charge is 0.222 e. The largest absolute Gasteiger partial charge is 0.396 e. The van der Waals surface area contributed by atoms with Gasteiger partial charge in [-0.15, -0.1) is 0 Å². The molecule has 0 atom stereocenters. The van der Waals surface area contributed by atoms with Crippen LogP contribution in [0.4, 0.5) is 5.95 Å². The second kappa shape index (κ2) is 5.42. The molecule has 1 aromatic heterocycles. The second-order valence-corrected chi connectivity index (χ2v) is 5.13. The number of anilines is 1. The molecular weight excluding hydrogens is 258 g/mol. The zero-order chi connectivity index (χ0) is 11.3. The van der Waals surface area contributed by atoms with E-state index in [1.54, 1.807) is 12.4 Å². The maximum absolute atomic E-state index is 8.87. The van der Waals surface area contributed by atoms with Crippen molar-refractivity contribution in [2.75, 3.05) is 18.5 Å². The fraction of sp³-hybridized carbons (Fsp3) is 0.600. The highest BCUT2D eigenvalue weighted by atomic mass is 79.9. The summed E-state index contributed by atoms with van der Waals surface area (Å²) in [7, 11) is 0. The summed E-state index contributed by atoms with van der Waals surface area (Å²) in [5.41, 5.74) is 0.0468. The minimum absolute atomic E-state index is 0.0468. The Kier molecular flexibility index (Phi) is 4.47. The van der Waals surface area contributed by atoms with E-state index in [1.807, 2.05) is 0 Å². The molecule has 0 amide bonds. The monoisotopic (exact) mass is 273 g/mol. The van der Waals surface area contributed by atoms with E-state index in [0.29, 0.717) is 5.95 Å². The highest BCUT2D eigenvalue weighted by Crippen LogP contribution is 2.19. The molecule has 1 rings (SSSR count). The molecule has 0 spiro atoms. The Labute approximate surface area is 98.3 Å². The zero-order valence-electron chi connectivity index (χ0n) is 9.00. The quantitative estimate of drug-likeness (QED) is 0.862. The number of hydrogen-bond acceptors (Lipinski definition) is 4. The molecule has 84 valence electrons. The summed E-state index contributed by atoms with van der Waals surface area (Å²) in [6, 6.07) is 0. The van der Waals surface area contributed by atoms with Crippen LogP contribution in [0.2, 0.25) is 0 Å². The van der Waals surface area contributed by atoms with Gasteiger partial charge in [0.2, 0.25) is 5.95 Å². The molecule has 5 heteroatoms. The van der Waals surface area contributed by atoms with Gasteiger partial charge in [-0.2, -0.15) is 0 Å². The third-order valence-corrected chi connectivity index (χ3v) is 2.54. The van der Waals surface area contributed by atoms with E-state index in [4.69, 9.17) is 5.11 Å². The SMILES string of the molecule is CC(C)(CCO)CNc1ncc(Br)cn1. The van der Waals surface area contributed by atoms with Crippen molar-refractivity contribution in [1.82, 2.24) is 9.97 Å². The Morgan fingerprint density at radius 2 is 2.00 bits per heavy atom. The third-order valence-electron chi connectivity index (χ3n) is 2.13. The minimum Gasteiger partial charge on any atom is -0.396 e. The third kappa shape index (κ3) is 4.57. The van der Waals surface area contributed by atoms with Crippen molar-refractivity contribution in [2.24, 2.45) is 5.41 Å². The fourth-order valence-electron chi connectivity index (χ4n) is 1.11. The van der Waals surface area contributed by atoms with Crippen LogP contribution >= 0.6 is 15.9 Å². The van der Waals surface area contributed by atoms with Crippen LogP contribution in [0.25, 0.3) is 0 Å². The van der Waals surface area contributed by atoms with Gasteiger partial charge < -0.3 is 10.4 Å². The van der Waals surface area contributed by atoms with Gasteiger partial charge in [-0.05, 0) is 27.8 Å². The van der Waals surface area contributed by atoms with Crippen molar-refractivity contribution in [3.8, 4) is 0 Å². The topological polar surface area (TPSA) is 58.0 Å². The van der Waals surface area contributed by atoms with Crippen molar-refractivity contribution in [3.63, 3.8) is 0 Å². The van der Waals surface area contributed by atoms with Crippen LogP contribution in [0, 0.1) is 5.41 Å². The predicted octanol–water partition coefficient (Wildman–Crippen LogP) is 2.06. The highest BCUT2D eigenvalue weighted by molar-refractivity contribution is 9.10. The van der Waals surface area contributed by atoms with Crippen molar-refractivity contribution in [2.45, 2.75) is 20.3 Å². The van der Waals surface area contributed by atoms with Gasteiger partial charge in [-0.25, -0.2) is 9.97 Å². The number of nitrogens with one attached hydrogen (secondary N) is 1. The van der Waals surface area contributed by atoms with E-state index in [1.165, 1.54) is 0 Å². The number of aromatic nitrogens is 2. The molecule has 1 aromatic rings. The lowest BCUT2D eigenvalue weighted by Gasteiger charge is -2.23. The number of halogens is 1. The molecule has 0 bridgehead atoms. The molecule has 0 radical (unpaired) electrons. The van der Waals surface area contributed by atoms with Crippen LogP contribution < -0.4 is 5.32 Å². The standard InChI is InChI=1S/C10H16BrN3O/c1-10(2,3-4-15)7-14-9-12-5-8(11)6-13-9/h5-6,15H,3-4,7H2,1-2H3,(H,12,13,14). The highest BCUT2D eigenvalue weighted by Gasteiger charge is 2.16. The Bertz CT molecular complexity index is 300. The summed E-state index contributed by atoms with van der Waals surface area (Å²) in [6.07, 6.45) is 4.17. The van der Waals surface area contributed by atoms with E-state index >= 15 is 0 Å². The molecule has 1 heterocycles. The molecule has 0 aliphatic carbocycles. The summed E-state index contributed by atoms with van der Waals surface area (Å²) >= 11 is 3.28. The summed E-state index contributed by atoms with van der Waals surface area (Å²) in [4.78, 5) is 8.22. The number of nitrogens with zero attached hydrogens (tertiary/aromatic N) is 2. The van der Waals surface area contributed by atoms with Gasteiger partial charge in [0.15, 0.2) is 0 Å². The summed E-state index contributed by atoms with van der Waals surface area (Å²) in [5.74, 6) is 0.615. The molecule has 15 heavy (non-hydrogen) atoms. The van der Waals surface area contributed by atoms with Gasteiger partial charge in [-0.1, -0.05) is 13.8 Å². The number of aliphatic hydroxyl groups excluding tert-OH is 1. The van der Waals surface area contributed by atoms with Crippen LogP contribution in [-0.2, 0) is 0 Å². The lowest BCUT2D eigenvalue weighted by Crippen LogP contribution is -2.24. The fourth-order valence-corrected chi connectivity index (χ4v) is 1.32. The Morgan fingerprint density at radius 3 is 2.53 bits per heavy atom. The van der Waals surface area contributed by atoms with Crippen LogP contribution in [0.5, 0.6) is 0 Å². The minimum atomic E-state index is 0.0468. The molecule has 0 aliphatic heterocycles. The van der Waals surface area contributed by atoms with Crippen molar-refractivity contribution in [1.29, 1.82) is 0 Å². The zero-order valence-corrected chi connectivity index (χ0v) is 10.6.